The first-order valence-corrected chi connectivity index (χ1v) is 6.57. The van der Waals surface area contributed by atoms with Crippen LogP contribution in [-0.4, -0.2) is 50.5 Å². The van der Waals surface area contributed by atoms with Crippen LogP contribution in [-0.2, 0) is 14.8 Å². The topological polar surface area (TPSA) is 46.6 Å². The number of nitrogens with zero attached hydrogens (tertiary/aromatic N) is 1. The summed E-state index contributed by atoms with van der Waals surface area (Å²) in [7, 11) is -2.94. The van der Waals surface area contributed by atoms with Crippen molar-refractivity contribution >= 4 is 22.7 Å². The fourth-order valence-electron chi connectivity index (χ4n) is 1.28. The Morgan fingerprint density at radius 2 is 2.15 bits per heavy atom. The van der Waals surface area contributed by atoms with Crippen LogP contribution in [0.3, 0.4) is 0 Å². The van der Waals surface area contributed by atoms with Crippen LogP contribution in [0, 0.1) is 0 Å². The predicted molar refractivity (Wildman–Crippen MR) is 54.6 cm³/mol. The van der Waals surface area contributed by atoms with Gasteiger partial charge in [-0.25, -0.2) is 8.42 Å². The molecule has 0 unspecified atom stereocenters. The molecule has 1 aliphatic heterocycles. The van der Waals surface area contributed by atoms with Gasteiger partial charge in [0.2, 0.25) is 10.0 Å². The molecule has 1 aliphatic rings. The number of hydrogen-bond donors (Lipinski definition) is 1. The van der Waals surface area contributed by atoms with Crippen molar-refractivity contribution in [3.8, 4) is 0 Å². The Balaban J connectivity index is 2.22. The first-order valence-electron chi connectivity index (χ1n) is 4.33. The number of thiol groups is 1. The van der Waals surface area contributed by atoms with Gasteiger partial charge in [0.25, 0.3) is 0 Å². The van der Waals surface area contributed by atoms with E-state index in [1.165, 1.54) is 4.31 Å². The lowest BCUT2D eigenvalue weighted by Crippen LogP contribution is -2.29. The summed E-state index contributed by atoms with van der Waals surface area (Å²) in [4.78, 5) is 0. The van der Waals surface area contributed by atoms with Crippen molar-refractivity contribution in [2.45, 2.75) is 6.42 Å². The smallest absolute Gasteiger partial charge is 0.214 e. The van der Waals surface area contributed by atoms with Gasteiger partial charge in [-0.15, -0.1) is 0 Å². The van der Waals surface area contributed by atoms with Crippen LogP contribution in [0.4, 0.5) is 0 Å². The summed E-state index contributed by atoms with van der Waals surface area (Å²) >= 11 is 3.98. The number of ether oxygens (including phenoxy) is 1. The Bertz CT molecular complexity index is 240. The van der Waals surface area contributed by atoms with E-state index in [1.807, 2.05) is 0 Å². The van der Waals surface area contributed by atoms with Crippen LogP contribution in [0.15, 0.2) is 0 Å². The summed E-state index contributed by atoms with van der Waals surface area (Å²) in [5, 5.41) is 0. The lowest BCUT2D eigenvalue weighted by molar-refractivity contribution is 0.138. The Morgan fingerprint density at radius 1 is 1.38 bits per heavy atom. The first kappa shape index (κ1) is 11.3. The van der Waals surface area contributed by atoms with Gasteiger partial charge in [0.05, 0.1) is 19.0 Å². The molecule has 1 saturated heterocycles. The molecule has 0 aromatic rings. The molecule has 1 fully saturated rings. The molecule has 0 bridgehead atoms. The Labute approximate surface area is 84.7 Å². The predicted octanol–water partition coefficient (Wildman–Crippen LogP) is -0.0317. The van der Waals surface area contributed by atoms with Crippen LogP contribution in [0.5, 0.6) is 0 Å². The van der Waals surface area contributed by atoms with E-state index in [-0.39, 0.29) is 0 Å². The minimum absolute atomic E-state index is 0.291. The molecule has 0 aromatic carbocycles. The van der Waals surface area contributed by atoms with Crippen LogP contribution in [0.2, 0.25) is 0 Å². The maximum Gasteiger partial charge on any atom is 0.214 e. The fourth-order valence-corrected chi connectivity index (χ4v) is 2.92. The second-order valence-electron chi connectivity index (χ2n) is 2.90. The summed E-state index contributed by atoms with van der Waals surface area (Å²) in [6, 6.07) is 0. The van der Waals surface area contributed by atoms with Crippen molar-refractivity contribution in [3.05, 3.63) is 0 Å². The standard InChI is InChI=1S/C7H15NO3S2/c9-13(10)7-1-2-8(13)3-4-11-5-6-12/h12H,1-7H2. The van der Waals surface area contributed by atoms with E-state index in [9.17, 15) is 8.42 Å². The zero-order valence-electron chi connectivity index (χ0n) is 7.48. The molecule has 6 heteroatoms. The van der Waals surface area contributed by atoms with Gasteiger partial charge in [0.15, 0.2) is 0 Å². The monoisotopic (exact) mass is 225 g/mol. The van der Waals surface area contributed by atoms with E-state index in [4.69, 9.17) is 4.74 Å². The molecule has 1 heterocycles. The molecule has 78 valence electrons. The first-order chi connectivity index (χ1) is 6.17. The van der Waals surface area contributed by atoms with Crippen molar-refractivity contribution in [1.29, 1.82) is 0 Å². The average Bonchev–Trinajstić information content (AvgIpc) is 2.40. The molecule has 0 N–H and O–H groups in total. The molecule has 0 aliphatic carbocycles. The van der Waals surface area contributed by atoms with E-state index in [0.29, 0.717) is 37.8 Å². The summed E-state index contributed by atoms with van der Waals surface area (Å²) in [6.45, 7) is 2.18. The molecule has 0 radical (unpaired) electrons. The highest BCUT2D eigenvalue weighted by molar-refractivity contribution is 7.89. The van der Waals surface area contributed by atoms with Gasteiger partial charge in [0, 0.05) is 18.8 Å². The minimum atomic E-state index is -2.94. The van der Waals surface area contributed by atoms with Gasteiger partial charge in [-0.2, -0.15) is 16.9 Å². The minimum Gasteiger partial charge on any atom is -0.379 e. The van der Waals surface area contributed by atoms with E-state index in [2.05, 4.69) is 12.6 Å². The van der Waals surface area contributed by atoms with Crippen molar-refractivity contribution in [1.82, 2.24) is 4.31 Å². The van der Waals surface area contributed by atoms with E-state index in [1.54, 1.807) is 0 Å². The third kappa shape index (κ3) is 3.46. The van der Waals surface area contributed by atoms with Crippen LogP contribution >= 0.6 is 12.6 Å². The van der Waals surface area contributed by atoms with Crippen molar-refractivity contribution in [2.75, 3.05) is 37.8 Å². The van der Waals surface area contributed by atoms with Crippen molar-refractivity contribution < 1.29 is 13.2 Å². The summed E-state index contributed by atoms with van der Waals surface area (Å²) in [5.41, 5.74) is 0. The molecular weight excluding hydrogens is 210 g/mol. The highest BCUT2D eigenvalue weighted by Crippen LogP contribution is 2.11. The summed E-state index contributed by atoms with van der Waals surface area (Å²) in [6.07, 6.45) is 0.745. The Morgan fingerprint density at radius 3 is 2.69 bits per heavy atom. The zero-order valence-corrected chi connectivity index (χ0v) is 9.19. The van der Waals surface area contributed by atoms with Gasteiger partial charge in [0.1, 0.15) is 0 Å². The summed E-state index contributed by atoms with van der Waals surface area (Å²) in [5.74, 6) is 0.965. The number of hydrogen-bond acceptors (Lipinski definition) is 4. The number of rotatable bonds is 5. The lowest BCUT2D eigenvalue weighted by Gasteiger charge is -2.13. The average molecular weight is 225 g/mol. The van der Waals surface area contributed by atoms with Crippen molar-refractivity contribution in [3.63, 3.8) is 0 Å². The molecule has 0 spiro atoms. The zero-order chi connectivity index (χ0) is 9.73. The number of sulfonamides is 1. The van der Waals surface area contributed by atoms with E-state index < -0.39 is 10.0 Å². The second-order valence-corrected chi connectivity index (χ2v) is 5.44. The Hall–Kier alpha value is 0.220. The highest BCUT2D eigenvalue weighted by atomic mass is 32.2. The van der Waals surface area contributed by atoms with Gasteiger partial charge in [-0.1, -0.05) is 0 Å². The molecule has 0 amide bonds. The third-order valence-electron chi connectivity index (χ3n) is 1.92. The molecule has 0 aromatic heterocycles. The van der Waals surface area contributed by atoms with Crippen molar-refractivity contribution in [2.24, 2.45) is 0 Å². The quantitative estimate of drug-likeness (QED) is 0.528. The van der Waals surface area contributed by atoms with Crippen LogP contribution < -0.4 is 0 Å². The van der Waals surface area contributed by atoms with Crippen LogP contribution in [0.1, 0.15) is 6.42 Å². The maximum atomic E-state index is 11.3. The van der Waals surface area contributed by atoms with Gasteiger partial charge < -0.3 is 4.74 Å². The second kappa shape index (κ2) is 5.19. The normalized spacial score (nSPS) is 22.2. The molecule has 13 heavy (non-hydrogen) atoms. The highest BCUT2D eigenvalue weighted by Gasteiger charge is 2.27. The van der Waals surface area contributed by atoms with Gasteiger partial charge in [-0.3, -0.25) is 0 Å². The molecule has 4 nitrogen and oxygen atoms in total. The maximum absolute atomic E-state index is 11.3. The molecule has 1 rings (SSSR count). The third-order valence-corrected chi connectivity index (χ3v) is 4.06. The SMILES string of the molecule is O=S1(=O)CCCN1CCOCCS. The van der Waals surface area contributed by atoms with Gasteiger partial charge >= 0.3 is 0 Å². The van der Waals surface area contributed by atoms with E-state index >= 15 is 0 Å². The molecule has 0 saturated carbocycles. The largest absolute Gasteiger partial charge is 0.379 e. The molecular formula is C7H15NO3S2. The van der Waals surface area contributed by atoms with Crippen LogP contribution in [0.25, 0.3) is 0 Å². The Kier molecular flexibility index (Phi) is 4.51. The van der Waals surface area contributed by atoms with E-state index in [0.717, 1.165) is 6.42 Å². The lowest BCUT2D eigenvalue weighted by atomic mass is 10.5. The van der Waals surface area contributed by atoms with Gasteiger partial charge in [-0.05, 0) is 6.42 Å². The fraction of sp³-hybridized carbons (Fsp3) is 1.00. The summed E-state index contributed by atoms with van der Waals surface area (Å²) < 4.78 is 29.2. The molecule has 0 atom stereocenters.